The second-order valence-electron chi connectivity index (χ2n) is 7.61. The van der Waals surface area contributed by atoms with E-state index in [4.69, 9.17) is 4.74 Å². The van der Waals surface area contributed by atoms with Crippen LogP contribution in [0.5, 0.6) is 5.75 Å². The zero-order chi connectivity index (χ0) is 23.0. The Kier molecular flexibility index (Phi) is 7.42. The minimum Gasteiger partial charge on any atom is -0.423 e. The Bertz CT molecular complexity index is 1130. The molecule has 0 atom stereocenters. The topological polar surface area (TPSA) is 75.7 Å². The molecule has 33 heavy (non-hydrogen) atoms. The van der Waals surface area contributed by atoms with Gasteiger partial charge in [-0.05, 0) is 61.4 Å². The molecule has 3 aromatic carbocycles. The largest absolute Gasteiger partial charge is 0.423 e. The zero-order valence-electron chi connectivity index (χ0n) is 18.0. The Labute approximate surface area is 196 Å². The van der Waals surface area contributed by atoms with E-state index < -0.39 is 5.97 Å². The molecule has 1 saturated heterocycles. The van der Waals surface area contributed by atoms with Crippen molar-refractivity contribution in [3.8, 4) is 5.75 Å². The van der Waals surface area contributed by atoms with E-state index >= 15 is 0 Å². The lowest BCUT2D eigenvalue weighted by molar-refractivity contribution is -0.127. The summed E-state index contributed by atoms with van der Waals surface area (Å²) in [4.78, 5) is 40.0. The van der Waals surface area contributed by atoms with Crippen molar-refractivity contribution in [2.24, 2.45) is 0 Å². The Morgan fingerprint density at radius 2 is 1.52 bits per heavy atom. The van der Waals surface area contributed by atoms with Gasteiger partial charge in [0.2, 0.25) is 5.91 Å². The van der Waals surface area contributed by atoms with Crippen LogP contribution in [0.25, 0.3) is 0 Å². The third-order valence-corrected chi connectivity index (χ3v) is 6.33. The molecule has 0 aliphatic carbocycles. The average Bonchev–Trinajstić information content (AvgIpc) is 3.40. The lowest BCUT2D eigenvalue weighted by Gasteiger charge is -2.15. The minimum absolute atomic E-state index is 0.0915. The highest BCUT2D eigenvalue weighted by Crippen LogP contribution is 2.26. The molecule has 0 unspecified atom stereocenters. The normalized spacial score (nSPS) is 12.9. The molecule has 1 fully saturated rings. The average molecular weight is 461 g/mol. The summed E-state index contributed by atoms with van der Waals surface area (Å²) in [6.07, 6.45) is 2.10. The number of hydrogen-bond donors (Lipinski definition) is 1. The lowest BCUT2D eigenvalue weighted by Crippen LogP contribution is -2.29. The van der Waals surface area contributed by atoms with Gasteiger partial charge < -0.3 is 15.0 Å². The van der Waals surface area contributed by atoms with Gasteiger partial charge in [0, 0.05) is 29.2 Å². The minimum atomic E-state index is -0.493. The summed E-state index contributed by atoms with van der Waals surface area (Å²) in [7, 11) is 0. The summed E-state index contributed by atoms with van der Waals surface area (Å²) in [5.74, 6) is 0.0437. The van der Waals surface area contributed by atoms with Crippen LogP contribution < -0.4 is 10.1 Å². The van der Waals surface area contributed by atoms with Crippen LogP contribution in [0, 0.1) is 0 Å². The van der Waals surface area contributed by atoms with Gasteiger partial charge in [-0.15, -0.1) is 11.8 Å². The molecule has 6 nitrogen and oxygen atoms in total. The quantitative estimate of drug-likeness (QED) is 0.309. The van der Waals surface area contributed by atoms with Crippen molar-refractivity contribution in [3.05, 3.63) is 90.0 Å². The monoisotopic (exact) mass is 460 g/mol. The van der Waals surface area contributed by atoms with Crippen LogP contribution in [-0.4, -0.2) is 41.5 Å². The summed E-state index contributed by atoms with van der Waals surface area (Å²) in [5, 5.41) is 2.81. The number of nitrogens with zero attached hydrogens (tertiary/aromatic N) is 1. The third kappa shape index (κ3) is 6.02. The van der Waals surface area contributed by atoms with Crippen molar-refractivity contribution in [3.63, 3.8) is 0 Å². The molecule has 0 aromatic heterocycles. The molecule has 0 bridgehead atoms. The van der Waals surface area contributed by atoms with Gasteiger partial charge >= 0.3 is 5.97 Å². The highest BCUT2D eigenvalue weighted by atomic mass is 32.2. The molecule has 2 amide bonds. The number of carbonyl (C=O) groups is 3. The van der Waals surface area contributed by atoms with E-state index in [1.165, 1.54) is 11.8 Å². The Balaban J connectivity index is 1.36. The van der Waals surface area contributed by atoms with E-state index in [1.807, 2.05) is 23.1 Å². The van der Waals surface area contributed by atoms with E-state index in [0.29, 0.717) is 33.2 Å². The molecule has 1 heterocycles. The number of likely N-dealkylation sites (tertiary alicyclic amines) is 1. The number of ether oxygens (including phenoxy) is 1. The SMILES string of the molecule is O=C(Nc1ccc(OC(=O)c2ccccc2SCC(=O)N2CCCC2)cc1)c1ccccc1. The number of rotatable bonds is 7. The highest BCUT2D eigenvalue weighted by Gasteiger charge is 2.20. The maximum atomic E-state index is 12.8. The first-order chi connectivity index (χ1) is 16.1. The van der Waals surface area contributed by atoms with Crippen LogP contribution in [0.1, 0.15) is 33.6 Å². The van der Waals surface area contributed by atoms with Gasteiger partial charge in [-0.3, -0.25) is 9.59 Å². The van der Waals surface area contributed by atoms with E-state index in [1.54, 1.807) is 60.7 Å². The smallest absolute Gasteiger partial charge is 0.344 e. The van der Waals surface area contributed by atoms with Crippen molar-refractivity contribution in [1.82, 2.24) is 4.90 Å². The number of thioether (sulfide) groups is 1. The number of carbonyl (C=O) groups excluding carboxylic acids is 3. The summed E-state index contributed by atoms with van der Waals surface area (Å²) in [6.45, 7) is 1.62. The molecular formula is C26H24N2O4S. The Hall–Kier alpha value is -3.58. The first kappa shape index (κ1) is 22.6. The zero-order valence-corrected chi connectivity index (χ0v) is 18.8. The maximum absolute atomic E-state index is 12.8. The predicted octanol–water partition coefficient (Wildman–Crippen LogP) is 4.87. The molecule has 7 heteroatoms. The summed E-state index contributed by atoms with van der Waals surface area (Å²) >= 11 is 1.35. The van der Waals surface area contributed by atoms with Crippen molar-refractivity contribution in [2.45, 2.75) is 17.7 Å². The standard InChI is InChI=1S/C26H24N2O4S/c29-24(28-16-6-7-17-28)18-33-23-11-5-4-10-22(23)26(31)32-21-14-12-20(13-15-21)27-25(30)19-8-2-1-3-9-19/h1-5,8-15H,6-7,16-18H2,(H,27,30). The van der Waals surface area contributed by atoms with Gasteiger partial charge in [-0.25, -0.2) is 4.79 Å². The number of esters is 1. The van der Waals surface area contributed by atoms with Gasteiger partial charge in [0.15, 0.2) is 0 Å². The molecule has 1 N–H and O–H groups in total. The van der Waals surface area contributed by atoms with Crippen LogP contribution in [-0.2, 0) is 4.79 Å². The first-order valence-corrected chi connectivity index (χ1v) is 11.8. The number of benzene rings is 3. The number of hydrogen-bond acceptors (Lipinski definition) is 5. The fourth-order valence-electron chi connectivity index (χ4n) is 3.52. The lowest BCUT2D eigenvalue weighted by atomic mass is 10.2. The van der Waals surface area contributed by atoms with Crippen LogP contribution in [0.4, 0.5) is 5.69 Å². The van der Waals surface area contributed by atoms with Crippen molar-refractivity contribution in [1.29, 1.82) is 0 Å². The Morgan fingerprint density at radius 3 is 2.24 bits per heavy atom. The summed E-state index contributed by atoms with van der Waals surface area (Å²) in [6, 6.07) is 22.7. The summed E-state index contributed by atoms with van der Waals surface area (Å²) in [5.41, 5.74) is 1.57. The molecule has 3 aromatic rings. The molecular weight excluding hydrogens is 436 g/mol. The van der Waals surface area contributed by atoms with Gasteiger partial charge in [-0.2, -0.15) is 0 Å². The molecule has 0 spiro atoms. The van der Waals surface area contributed by atoms with Crippen LogP contribution in [0.15, 0.2) is 83.8 Å². The number of amides is 2. The second kappa shape index (κ2) is 10.8. The van der Waals surface area contributed by atoms with Crippen molar-refractivity contribution < 1.29 is 19.1 Å². The van der Waals surface area contributed by atoms with Crippen molar-refractivity contribution >= 4 is 35.2 Å². The molecule has 1 aliphatic heterocycles. The molecule has 168 valence electrons. The third-order valence-electron chi connectivity index (χ3n) is 5.28. The van der Waals surface area contributed by atoms with E-state index in [-0.39, 0.29) is 11.8 Å². The summed E-state index contributed by atoms with van der Waals surface area (Å²) < 4.78 is 5.53. The Morgan fingerprint density at radius 1 is 0.848 bits per heavy atom. The van der Waals surface area contributed by atoms with E-state index in [2.05, 4.69) is 5.32 Å². The van der Waals surface area contributed by atoms with Crippen LogP contribution in [0.3, 0.4) is 0 Å². The highest BCUT2D eigenvalue weighted by molar-refractivity contribution is 8.00. The van der Waals surface area contributed by atoms with Crippen molar-refractivity contribution in [2.75, 3.05) is 24.2 Å². The van der Waals surface area contributed by atoms with Gasteiger partial charge in [0.05, 0.1) is 11.3 Å². The fourth-order valence-corrected chi connectivity index (χ4v) is 4.46. The molecule has 4 rings (SSSR count). The molecule has 0 saturated carbocycles. The van der Waals surface area contributed by atoms with E-state index in [0.717, 1.165) is 25.9 Å². The second-order valence-corrected chi connectivity index (χ2v) is 8.62. The first-order valence-electron chi connectivity index (χ1n) is 10.8. The predicted molar refractivity (Wildman–Crippen MR) is 129 cm³/mol. The maximum Gasteiger partial charge on any atom is 0.344 e. The molecule has 1 aliphatic rings. The van der Waals surface area contributed by atoms with Gasteiger partial charge in [0.1, 0.15) is 5.75 Å². The number of nitrogens with one attached hydrogen (secondary N) is 1. The molecule has 0 radical (unpaired) electrons. The van der Waals surface area contributed by atoms with E-state index in [9.17, 15) is 14.4 Å². The van der Waals surface area contributed by atoms with Gasteiger partial charge in [-0.1, -0.05) is 30.3 Å². The number of anilines is 1. The fraction of sp³-hybridized carbons (Fsp3) is 0.192. The van der Waals surface area contributed by atoms with Crippen LogP contribution in [0.2, 0.25) is 0 Å². The van der Waals surface area contributed by atoms with Crippen LogP contribution >= 0.6 is 11.8 Å². The van der Waals surface area contributed by atoms with Gasteiger partial charge in [0.25, 0.3) is 5.91 Å².